The lowest BCUT2D eigenvalue weighted by Gasteiger charge is -1.98. The number of amidine groups is 1. The van der Waals surface area contributed by atoms with Gasteiger partial charge >= 0.3 is 0 Å². The second-order valence-corrected chi connectivity index (χ2v) is 3.48. The van der Waals surface area contributed by atoms with Crippen molar-refractivity contribution < 1.29 is 0 Å². The Balaban J connectivity index is 0.00000144. The molecule has 0 aliphatic carbocycles. The van der Waals surface area contributed by atoms with E-state index in [1.165, 1.54) is 11.8 Å². The van der Waals surface area contributed by atoms with Crippen molar-refractivity contribution in [2.45, 2.75) is 12.7 Å². The van der Waals surface area contributed by atoms with Crippen LogP contribution in [0.2, 0.25) is 0 Å². The third-order valence-corrected chi connectivity index (χ3v) is 2.16. The highest BCUT2D eigenvalue weighted by atomic mass is 35.5. The minimum atomic E-state index is 0. The Bertz CT molecular complexity index is 273. The van der Waals surface area contributed by atoms with Gasteiger partial charge in [-0.3, -0.25) is 10.4 Å². The fourth-order valence-electron chi connectivity index (χ4n) is 0.745. The normalized spacial score (nSPS) is 9.00. The van der Waals surface area contributed by atoms with E-state index in [1.54, 1.807) is 0 Å². The summed E-state index contributed by atoms with van der Waals surface area (Å²) in [4.78, 5) is 4.13. The predicted octanol–water partition coefficient (Wildman–Crippen LogP) is 1.94. The topological polar surface area (TPSA) is 62.8 Å². The summed E-state index contributed by atoms with van der Waals surface area (Å²) in [6, 6.07) is 3.95. The number of pyridine rings is 1. The summed E-state index contributed by atoms with van der Waals surface area (Å²) in [5, 5.41) is 7.15. The smallest absolute Gasteiger partial charge is 0.151 e. The molecule has 1 aromatic heterocycles. The molecule has 0 saturated heterocycles. The summed E-state index contributed by atoms with van der Waals surface area (Å²) >= 11 is 1.31. The minimum Gasteiger partial charge on any atom is -0.379 e. The second-order valence-electron chi connectivity index (χ2n) is 2.46. The number of aromatic nitrogens is 1. The van der Waals surface area contributed by atoms with E-state index >= 15 is 0 Å². The zero-order chi connectivity index (χ0) is 8.97. The van der Waals surface area contributed by atoms with Crippen LogP contribution in [0.3, 0.4) is 0 Å². The van der Waals surface area contributed by atoms with Crippen LogP contribution in [0, 0.1) is 12.3 Å². The molecule has 1 heterocycles. The van der Waals surface area contributed by atoms with Gasteiger partial charge in [0.15, 0.2) is 5.17 Å². The molecule has 0 aromatic carbocycles. The van der Waals surface area contributed by atoms with Crippen molar-refractivity contribution in [2.24, 2.45) is 5.73 Å². The van der Waals surface area contributed by atoms with Crippen molar-refractivity contribution in [3.05, 3.63) is 29.6 Å². The number of nitrogens with two attached hydrogens (primary N) is 1. The van der Waals surface area contributed by atoms with E-state index in [2.05, 4.69) is 4.98 Å². The molecule has 0 fully saturated rings. The second kappa shape index (κ2) is 5.83. The molecule has 3 nitrogen and oxygen atoms in total. The molecular formula is C8H12ClN3S. The van der Waals surface area contributed by atoms with E-state index in [9.17, 15) is 0 Å². The molecule has 1 rings (SSSR count). The molecule has 0 saturated carbocycles. The molecule has 1 aromatic rings. The fourth-order valence-corrected chi connectivity index (χ4v) is 1.24. The number of rotatable bonds is 2. The Labute approximate surface area is 88.0 Å². The van der Waals surface area contributed by atoms with Crippen LogP contribution in [-0.4, -0.2) is 10.2 Å². The van der Waals surface area contributed by atoms with Gasteiger partial charge in [0, 0.05) is 17.6 Å². The highest BCUT2D eigenvalue weighted by Gasteiger charge is 1.94. The largest absolute Gasteiger partial charge is 0.379 e. The Morgan fingerprint density at radius 2 is 2.31 bits per heavy atom. The first-order valence-corrected chi connectivity index (χ1v) is 4.55. The third-order valence-electron chi connectivity index (χ3n) is 1.37. The van der Waals surface area contributed by atoms with Gasteiger partial charge in [0.2, 0.25) is 0 Å². The molecule has 13 heavy (non-hydrogen) atoms. The first-order valence-electron chi connectivity index (χ1n) is 3.57. The average molecular weight is 218 g/mol. The van der Waals surface area contributed by atoms with Gasteiger partial charge < -0.3 is 5.73 Å². The van der Waals surface area contributed by atoms with Crippen LogP contribution in [0.25, 0.3) is 0 Å². The summed E-state index contributed by atoms with van der Waals surface area (Å²) < 4.78 is 0. The van der Waals surface area contributed by atoms with Gasteiger partial charge in [-0.15, -0.1) is 12.4 Å². The summed E-state index contributed by atoms with van der Waals surface area (Å²) in [7, 11) is 0. The van der Waals surface area contributed by atoms with Crippen LogP contribution in [0.4, 0.5) is 0 Å². The highest BCUT2D eigenvalue weighted by Crippen LogP contribution is 2.10. The number of nitrogens with zero attached hydrogens (tertiary/aromatic N) is 1. The van der Waals surface area contributed by atoms with E-state index in [4.69, 9.17) is 11.1 Å². The van der Waals surface area contributed by atoms with E-state index in [0.29, 0.717) is 0 Å². The Kier molecular flexibility index (Phi) is 5.50. The maximum atomic E-state index is 7.01. The molecule has 0 aliphatic rings. The Morgan fingerprint density at radius 1 is 1.62 bits per heavy atom. The SMILES string of the molecule is Cc1ccc(CSC(=N)N)cn1.Cl. The van der Waals surface area contributed by atoms with Crippen LogP contribution in [0.1, 0.15) is 11.3 Å². The molecule has 72 valence electrons. The lowest BCUT2D eigenvalue weighted by Crippen LogP contribution is -2.03. The molecule has 0 unspecified atom stereocenters. The molecule has 0 bridgehead atoms. The molecule has 0 spiro atoms. The van der Waals surface area contributed by atoms with Crippen molar-refractivity contribution in [1.82, 2.24) is 4.98 Å². The van der Waals surface area contributed by atoms with Crippen molar-refractivity contribution in [3.63, 3.8) is 0 Å². The average Bonchev–Trinajstić information content (AvgIpc) is 2.03. The van der Waals surface area contributed by atoms with Crippen molar-refractivity contribution in [3.8, 4) is 0 Å². The molecule has 0 atom stereocenters. The maximum Gasteiger partial charge on any atom is 0.151 e. The standard InChI is InChI=1S/C8H11N3S.ClH/c1-6-2-3-7(4-11-6)5-12-8(9)10;/h2-4H,5H2,1H3,(H3,9,10);1H. The third kappa shape index (κ3) is 4.75. The number of halogens is 1. The number of aryl methyl sites for hydroxylation is 1. The van der Waals surface area contributed by atoms with E-state index in [-0.39, 0.29) is 17.6 Å². The lowest BCUT2D eigenvalue weighted by molar-refractivity contribution is 1.16. The number of hydrogen-bond donors (Lipinski definition) is 2. The monoisotopic (exact) mass is 217 g/mol. The van der Waals surface area contributed by atoms with Crippen molar-refractivity contribution in [2.75, 3.05) is 0 Å². The van der Waals surface area contributed by atoms with Crippen LogP contribution in [-0.2, 0) is 5.75 Å². The quantitative estimate of drug-likeness (QED) is 0.588. The highest BCUT2D eigenvalue weighted by molar-refractivity contribution is 8.13. The zero-order valence-corrected chi connectivity index (χ0v) is 8.91. The van der Waals surface area contributed by atoms with Gasteiger partial charge in [-0.25, -0.2) is 0 Å². The maximum absolute atomic E-state index is 7.01. The van der Waals surface area contributed by atoms with Gasteiger partial charge in [0.25, 0.3) is 0 Å². The van der Waals surface area contributed by atoms with Gasteiger partial charge in [-0.1, -0.05) is 17.8 Å². The van der Waals surface area contributed by atoms with Crippen LogP contribution >= 0.6 is 24.2 Å². The summed E-state index contributed by atoms with van der Waals surface area (Å²) in [5.74, 6) is 0.725. The van der Waals surface area contributed by atoms with Crippen molar-refractivity contribution >= 4 is 29.3 Å². The first-order chi connectivity index (χ1) is 5.68. The zero-order valence-electron chi connectivity index (χ0n) is 7.28. The van der Waals surface area contributed by atoms with Crippen molar-refractivity contribution in [1.29, 1.82) is 5.41 Å². The molecule has 3 N–H and O–H groups in total. The minimum absolute atomic E-state index is 0. The molecule has 5 heteroatoms. The van der Waals surface area contributed by atoms with E-state index in [0.717, 1.165) is 17.0 Å². The van der Waals surface area contributed by atoms with E-state index < -0.39 is 0 Å². The van der Waals surface area contributed by atoms with Crippen LogP contribution in [0.5, 0.6) is 0 Å². The Morgan fingerprint density at radius 3 is 2.77 bits per heavy atom. The van der Waals surface area contributed by atoms with Gasteiger partial charge in [0.1, 0.15) is 0 Å². The Hall–Kier alpha value is -0.740. The summed E-state index contributed by atoms with van der Waals surface area (Å²) in [6.07, 6.45) is 1.81. The van der Waals surface area contributed by atoms with Gasteiger partial charge in [0.05, 0.1) is 0 Å². The first kappa shape index (κ1) is 12.3. The lowest BCUT2D eigenvalue weighted by atomic mass is 10.3. The molecule has 0 amide bonds. The molecule has 0 radical (unpaired) electrons. The number of thioether (sulfide) groups is 1. The fraction of sp³-hybridized carbons (Fsp3) is 0.250. The number of hydrogen-bond acceptors (Lipinski definition) is 3. The van der Waals surface area contributed by atoms with Crippen LogP contribution in [0.15, 0.2) is 18.3 Å². The summed E-state index contributed by atoms with van der Waals surface area (Å²) in [6.45, 7) is 1.95. The van der Waals surface area contributed by atoms with Gasteiger partial charge in [-0.2, -0.15) is 0 Å². The number of nitrogens with one attached hydrogen (secondary N) is 1. The summed E-state index contributed by atoms with van der Waals surface area (Å²) in [5.41, 5.74) is 7.30. The van der Waals surface area contributed by atoms with E-state index in [1.807, 2.05) is 25.3 Å². The molecule has 0 aliphatic heterocycles. The van der Waals surface area contributed by atoms with Crippen LogP contribution < -0.4 is 5.73 Å². The predicted molar refractivity (Wildman–Crippen MR) is 59.4 cm³/mol. The van der Waals surface area contributed by atoms with Gasteiger partial charge in [-0.05, 0) is 18.6 Å². The molecular weight excluding hydrogens is 206 g/mol.